The molecule has 2 aliphatic heterocycles. The summed E-state index contributed by atoms with van der Waals surface area (Å²) in [6, 6.07) is 0. The predicted octanol–water partition coefficient (Wildman–Crippen LogP) is -3.84. The molecule has 27 nitrogen and oxygen atoms in total. The molecule has 280 valence electrons. The normalized spacial score (nSPS) is 30.4. The molecule has 0 spiro atoms. The largest absolute Gasteiger partial charge is 0.490 e. The summed E-state index contributed by atoms with van der Waals surface area (Å²) in [5.74, 6) is -0.263. The second-order valence-electron chi connectivity index (χ2n) is 11.1. The summed E-state index contributed by atoms with van der Waals surface area (Å²) in [6.45, 7) is -2.10. The summed E-state index contributed by atoms with van der Waals surface area (Å²) < 4.78 is 69.4. The molecule has 0 saturated carbocycles. The number of imidazole rings is 2. The predicted molar refractivity (Wildman–Crippen MR) is 161 cm³/mol. The number of ether oxygens (including phenoxy) is 2. The number of nitrogens with zero attached hydrogens (tertiary/aromatic N) is 7. The number of phosphoric acid groups is 3. The molecule has 6 rings (SSSR count). The Morgan fingerprint density at radius 1 is 0.902 bits per heavy atom. The molecule has 51 heavy (non-hydrogen) atoms. The molecule has 30 heteroatoms. The van der Waals surface area contributed by atoms with Crippen LogP contribution in [0.25, 0.3) is 22.3 Å². The fraction of sp³-hybridized carbons (Fsp3) is 0.524. The molecular formula is C21H30N10O17P3+. The van der Waals surface area contributed by atoms with Crippen LogP contribution in [0.5, 0.6) is 0 Å². The van der Waals surface area contributed by atoms with Crippen LogP contribution in [0.2, 0.25) is 0 Å². The molecule has 2 saturated heterocycles. The summed E-state index contributed by atoms with van der Waals surface area (Å²) in [4.78, 5) is 60.4. The molecular weight excluding hydrogens is 757 g/mol. The smallest absolute Gasteiger partial charge is 0.387 e. The lowest BCUT2D eigenvalue weighted by Crippen LogP contribution is -2.46. The fourth-order valence-electron chi connectivity index (χ4n) is 5.36. The van der Waals surface area contributed by atoms with Gasteiger partial charge in [-0.05, 0) is 0 Å². The van der Waals surface area contributed by atoms with Gasteiger partial charge >= 0.3 is 29.1 Å². The summed E-state index contributed by atoms with van der Waals surface area (Å²) in [7, 11) is -15.8. The minimum Gasteiger partial charge on any atom is -0.387 e. The number of hydrogen-bond acceptors (Lipinski definition) is 20. The molecule has 12 N–H and O–H groups in total. The van der Waals surface area contributed by atoms with E-state index in [-0.39, 0.29) is 34.1 Å². The van der Waals surface area contributed by atoms with Gasteiger partial charge in [0, 0.05) is 0 Å². The topological polar surface area (TPSA) is 398 Å². The van der Waals surface area contributed by atoms with Gasteiger partial charge in [-0.25, -0.2) is 33.2 Å². The van der Waals surface area contributed by atoms with E-state index in [1.165, 1.54) is 28.8 Å². The quantitative estimate of drug-likeness (QED) is 0.0485. The Balaban J connectivity index is 1.04. The van der Waals surface area contributed by atoms with Gasteiger partial charge in [-0.1, -0.05) is 4.98 Å². The van der Waals surface area contributed by atoms with E-state index in [9.17, 15) is 53.6 Å². The van der Waals surface area contributed by atoms with E-state index in [2.05, 4.69) is 42.6 Å². The molecule has 2 aliphatic rings. The van der Waals surface area contributed by atoms with Crippen molar-refractivity contribution in [2.45, 2.75) is 49.1 Å². The van der Waals surface area contributed by atoms with Crippen molar-refractivity contribution < 1.29 is 80.5 Å². The first-order valence-corrected chi connectivity index (χ1v) is 18.7. The van der Waals surface area contributed by atoms with Crippen LogP contribution in [0.15, 0.2) is 23.8 Å². The summed E-state index contributed by atoms with van der Waals surface area (Å²) in [5, 5.41) is 42.0. The Bertz CT molecular complexity index is 2160. The monoisotopic (exact) mass is 787 g/mol. The van der Waals surface area contributed by atoms with Crippen LogP contribution in [-0.2, 0) is 47.9 Å². The average Bonchev–Trinajstić information content (AvgIpc) is 3.74. The number of nitrogen functional groups attached to an aromatic ring is 2. The van der Waals surface area contributed by atoms with Gasteiger partial charge in [-0.3, -0.25) is 28.0 Å². The highest BCUT2D eigenvalue weighted by Crippen LogP contribution is 2.67. The molecule has 2 fully saturated rings. The lowest BCUT2D eigenvalue weighted by molar-refractivity contribution is -0.745. The molecule has 0 amide bonds. The lowest BCUT2D eigenvalue weighted by Gasteiger charge is -2.21. The second kappa shape index (κ2) is 13.6. The summed E-state index contributed by atoms with van der Waals surface area (Å²) >= 11 is 0. The highest BCUT2D eigenvalue weighted by Gasteiger charge is 2.50. The van der Waals surface area contributed by atoms with E-state index in [0.29, 0.717) is 0 Å². The molecule has 4 aromatic rings. The standard InChI is InChI=1S/C21H29N10O17P3/c1-29-6-31(17-10(29)18(36)28-21(23)27-17)20-14(35)12(33)8(46-20)3-44-50(39,40)48-51(41,42)47-49(37,38)43-2-7-11(32)13(34)19(45-7)30-5-26-9-15(22)24-4-25-16(9)30/h4-8,11-14,19-20,32-35H,2-3H2,1H3,(H7-,22,23,24,25,27,28,36,37,38,39,40,41,42)/p+1/t7-,8-,11-,12-,13+,14-,19-,20-/m1/s1. The number of aromatic amines is 1. The van der Waals surface area contributed by atoms with Gasteiger partial charge < -0.3 is 56.0 Å². The Morgan fingerprint density at radius 2 is 1.51 bits per heavy atom. The van der Waals surface area contributed by atoms with Crippen LogP contribution in [0.3, 0.4) is 0 Å². The number of nitrogens with one attached hydrogen (secondary N) is 1. The summed E-state index contributed by atoms with van der Waals surface area (Å²) in [6.07, 6.45) is -9.32. The Labute approximate surface area is 282 Å². The van der Waals surface area contributed by atoms with Gasteiger partial charge in [0.25, 0.3) is 11.5 Å². The van der Waals surface area contributed by atoms with Gasteiger partial charge in [-0.2, -0.15) is 8.62 Å². The first kappa shape index (κ1) is 37.4. The van der Waals surface area contributed by atoms with Crippen molar-refractivity contribution in [2.24, 2.45) is 7.05 Å². The number of rotatable bonds is 12. The van der Waals surface area contributed by atoms with Gasteiger partial charge in [0.1, 0.15) is 48.5 Å². The maximum Gasteiger partial charge on any atom is 0.490 e. The lowest BCUT2D eigenvalue weighted by atomic mass is 10.1. The van der Waals surface area contributed by atoms with E-state index in [1.54, 1.807) is 0 Å². The Kier molecular flexibility index (Phi) is 9.96. The van der Waals surface area contributed by atoms with E-state index in [4.69, 9.17) is 20.9 Å². The van der Waals surface area contributed by atoms with Crippen molar-refractivity contribution in [1.29, 1.82) is 0 Å². The van der Waals surface area contributed by atoms with Gasteiger partial charge in [0.2, 0.25) is 11.7 Å². The van der Waals surface area contributed by atoms with Crippen molar-refractivity contribution in [1.82, 2.24) is 34.1 Å². The zero-order valence-corrected chi connectivity index (χ0v) is 28.3. The third-order valence-corrected chi connectivity index (χ3v) is 11.9. The van der Waals surface area contributed by atoms with Gasteiger partial charge in [0.05, 0.1) is 26.6 Å². The number of aryl methyl sites for hydroxylation is 1. The first-order valence-electron chi connectivity index (χ1n) is 14.2. The van der Waals surface area contributed by atoms with Crippen molar-refractivity contribution >= 4 is 57.6 Å². The number of aromatic nitrogens is 8. The second-order valence-corrected chi connectivity index (χ2v) is 15.7. The zero-order valence-electron chi connectivity index (χ0n) is 25.6. The highest BCUT2D eigenvalue weighted by molar-refractivity contribution is 7.66. The summed E-state index contributed by atoms with van der Waals surface area (Å²) in [5.41, 5.74) is 10.9. The van der Waals surface area contributed by atoms with E-state index >= 15 is 0 Å². The molecule has 6 heterocycles. The SMILES string of the molecule is Cn1c[n+]([C@@H]2O[C@H](COP(=O)(O)OP(=O)(O)OP(=O)(O)OC[C@H]3O[C@@H](n4cnc5c(N)ncnc54)[C@@H](O)[C@@H]3O)[C@@H](O)[C@H]2O)c2nc(N)[nH]c(=O)c21. The maximum absolute atomic E-state index is 12.5. The van der Waals surface area contributed by atoms with Crippen LogP contribution < -0.4 is 21.6 Å². The zero-order chi connectivity index (χ0) is 37.2. The van der Waals surface area contributed by atoms with Crippen LogP contribution in [0.4, 0.5) is 11.8 Å². The van der Waals surface area contributed by atoms with Gasteiger partial charge in [0.15, 0.2) is 24.0 Å². The Morgan fingerprint density at radius 3 is 2.16 bits per heavy atom. The molecule has 0 bridgehead atoms. The molecule has 0 aliphatic carbocycles. The van der Waals surface area contributed by atoms with Gasteiger partial charge in [-0.15, -0.1) is 0 Å². The number of aliphatic hydroxyl groups excluding tert-OH is 4. The molecule has 3 unspecified atom stereocenters. The van der Waals surface area contributed by atoms with Crippen molar-refractivity contribution in [3.05, 3.63) is 29.3 Å². The van der Waals surface area contributed by atoms with E-state index in [1.807, 2.05) is 0 Å². The van der Waals surface area contributed by atoms with Crippen LogP contribution >= 0.6 is 23.5 Å². The molecule has 4 aromatic heterocycles. The average molecular weight is 787 g/mol. The highest BCUT2D eigenvalue weighted by atomic mass is 31.3. The van der Waals surface area contributed by atoms with Crippen molar-refractivity contribution in [3.8, 4) is 0 Å². The number of phosphoric ester groups is 2. The molecule has 0 radical (unpaired) electrons. The third-order valence-electron chi connectivity index (χ3n) is 7.62. The van der Waals surface area contributed by atoms with Crippen molar-refractivity contribution in [2.75, 3.05) is 24.7 Å². The number of aliphatic hydroxyl groups is 4. The van der Waals surface area contributed by atoms with E-state index < -0.39 is 91.3 Å². The number of fused-ring (bicyclic) bond motifs is 2. The van der Waals surface area contributed by atoms with Crippen molar-refractivity contribution in [3.63, 3.8) is 0 Å². The van der Waals surface area contributed by atoms with Crippen LogP contribution in [0, 0.1) is 0 Å². The van der Waals surface area contributed by atoms with Crippen LogP contribution in [0.1, 0.15) is 12.5 Å². The fourth-order valence-corrected chi connectivity index (χ4v) is 8.88. The number of H-pyrrole nitrogens is 1. The molecule has 0 aromatic carbocycles. The third kappa shape index (κ3) is 7.47. The maximum atomic E-state index is 12.5. The number of anilines is 2. The van der Waals surface area contributed by atoms with E-state index in [0.717, 1.165) is 10.9 Å². The van der Waals surface area contributed by atoms with Crippen LogP contribution in [-0.4, -0.2) is 119 Å². The number of nitrogens with two attached hydrogens (primary N) is 2. The first-order chi connectivity index (χ1) is 23.8. The minimum absolute atomic E-state index is 0.00946. The Hall–Kier alpha value is -3.33. The minimum atomic E-state index is -5.97. The number of hydrogen-bond donors (Lipinski definition) is 10. The molecule has 11 atom stereocenters.